The monoisotopic (exact) mass is 500 g/mol. The van der Waals surface area contributed by atoms with Crippen LogP contribution >= 0.6 is 35.1 Å². The van der Waals surface area contributed by atoms with Crippen LogP contribution in [0.25, 0.3) is 0 Å². The third-order valence-electron chi connectivity index (χ3n) is 5.18. The van der Waals surface area contributed by atoms with Crippen molar-refractivity contribution < 1.29 is 0 Å². The SMILES string of the molecule is CCSC1=CC(Cl)(NN)CC(SCC)(c2ccccc2)C1c1ncccn1.c1cncnc1. The first-order chi connectivity index (χ1) is 16.1. The van der Waals surface area contributed by atoms with Gasteiger partial charge >= 0.3 is 0 Å². The lowest BCUT2D eigenvalue weighted by atomic mass is 9.75. The maximum Gasteiger partial charge on any atom is 0.137 e. The molecule has 4 rings (SSSR count). The van der Waals surface area contributed by atoms with Gasteiger partial charge in [0.1, 0.15) is 17.1 Å². The van der Waals surface area contributed by atoms with Gasteiger partial charge in [-0.05, 0) is 40.2 Å². The Bertz CT molecular complexity index is 969. The van der Waals surface area contributed by atoms with Crippen molar-refractivity contribution in [3.8, 4) is 0 Å². The number of hydrogen-bond donors (Lipinski definition) is 2. The van der Waals surface area contributed by atoms with Gasteiger partial charge in [0.25, 0.3) is 0 Å². The molecule has 33 heavy (non-hydrogen) atoms. The van der Waals surface area contributed by atoms with Gasteiger partial charge in [-0.15, -0.1) is 23.5 Å². The van der Waals surface area contributed by atoms with E-state index in [2.05, 4.69) is 69.6 Å². The molecule has 6 nitrogen and oxygen atoms in total. The van der Waals surface area contributed by atoms with E-state index in [4.69, 9.17) is 17.4 Å². The Labute approximate surface area is 209 Å². The maximum atomic E-state index is 6.93. The standard InChI is InChI=1S/C20H25ClN4S2.C4H4N2/c1-3-26-16-13-19(21,25-22)14-20(27-4-2,15-9-6-5-7-10-15)17(16)18-23-11-8-12-24-18;1-2-5-4-6-3-1/h5-13,17,25H,3-4,14,22H2,1-2H3;1-4H. The van der Waals surface area contributed by atoms with Crippen LogP contribution in [0.1, 0.15) is 37.6 Å². The molecule has 1 aromatic carbocycles. The molecule has 174 valence electrons. The number of thioether (sulfide) groups is 2. The maximum absolute atomic E-state index is 6.93. The van der Waals surface area contributed by atoms with Crippen LogP contribution in [0.4, 0.5) is 0 Å². The third kappa shape index (κ3) is 6.33. The molecule has 9 heteroatoms. The number of nitrogens with two attached hydrogens (primary N) is 1. The van der Waals surface area contributed by atoms with E-state index in [-0.39, 0.29) is 10.7 Å². The summed E-state index contributed by atoms with van der Waals surface area (Å²) in [4.78, 5) is 17.0. The predicted molar refractivity (Wildman–Crippen MR) is 140 cm³/mol. The summed E-state index contributed by atoms with van der Waals surface area (Å²) in [5.41, 5.74) is 4.06. The van der Waals surface area contributed by atoms with Gasteiger partial charge < -0.3 is 0 Å². The van der Waals surface area contributed by atoms with Gasteiger partial charge in [-0.2, -0.15) is 0 Å². The Kier molecular flexibility index (Phi) is 9.70. The molecule has 0 saturated carbocycles. The van der Waals surface area contributed by atoms with Crippen molar-refractivity contribution in [3.05, 3.63) is 95.9 Å². The second-order valence-corrected chi connectivity index (χ2v) is 10.9. The highest BCUT2D eigenvalue weighted by atomic mass is 35.5. The summed E-state index contributed by atoms with van der Waals surface area (Å²) >= 11 is 10.6. The van der Waals surface area contributed by atoms with Gasteiger partial charge in [0.2, 0.25) is 0 Å². The first kappa shape index (κ1) is 25.6. The van der Waals surface area contributed by atoms with Crippen LogP contribution in [-0.2, 0) is 4.75 Å². The molecule has 3 atom stereocenters. The number of aromatic nitrogens is 4. The summed E-state index contributed by atoms with van der Waals surface area (Å²) in [5, 5.41) is 0. The van der Waals surface area contributed by atoms with Crippen molar-refractivity contribution >= 4 is 35.1 Å². The lowest BCUT2D eigenvalue weighted by Crippen LogP contribution is -2.52. The van der Waals surface area contributed by atoms with Crippen molar-refractivity contribution in [3.63, 3.8) is 0 Å². The fourth-order valence-corrected chi connectivity index (χ4v) is 7.16. The predicted octanol–water partition coefficient (Wildman–Crippen LogP) is 5.12. The summed E-state index contributed by atoms with van der Waals surface area (Å²) < 4.78 is -0.322. The topological polar surface area (TPSA) is 89.6 Å². The van der Waals surface area contributed by atoms with E-state index < -0.39 is 5.00 Å². The first-order valence-electron chi connectivity index (χ1n) is 10.8. The molecule has 0 bridgehead atoms. The van der Waals surface area contributed by atoms with Crippen LogP contribution in [0.5, 0.6) is 0 Å². The van der Waals surface area contributed by atoms with Crippen LogP contribution in [0.3, 0.4) is 0 Å². The number of rotatable bonds is 7. The second kappa shape index (κ2) is 12.5. The zero-order valence-electron chi connectivity index (χ0n) is 18.8. The van der Waals surface area contributed by atoms with E-state index in [0.717, 1.165) is 22.2 Å². The second-order valence-electron chi connectivity index (χ2n) is 7.30. The Morgan fingerprint density at radius 2 is 1.67 bits per heavy atom. The van der Waals surface area contributed by atoms with E-state index in [1.165, 1.54) is 11.9 Å². The van der Waals surface area contributed by atoms with Crippen molar-refractivity contribution in [1.29, 1.82) is 0 Å². The minimum absolute atomic E-state index is 0.0104. The summed E-state index contributed by atoms with van der Waals surface area (Å²) in [6.45, 7) is 4.32. The molecule has 2 heterocycles. The van der Waals surface area contributed by atoms with E-state index in [1.807, 2.05) is 36.3 Å². The number of hydrogen-bond acceptors (Lipinski definition) is 8. The number of halogens is 1. The van der Waals surface area contributed by atoms with Crippen molar-refractivity contribution in [1.82, 2.24) is 25.4 Å². The minimum Gasteiger partial charge on any atom is -0.270 e. The molecule has 0 amide bonds. The zero-order valence-corrected chi connectivity index (χ0v) is 21.2. The van der Waals surface area contributed by atoms with Gasteiger partial charge in [-0.1, -0.05) is 55.8 Å². The number of benzene rings is 1. The zero-order chi connectivity index (χ0) is 23.6. The molecule has 3 unspecified atom stereocenters. The van der Waals surface area contributed by atoms with Gasteiger partial charge in [0, 0.05) is 31.2 Å². The highest BCUT2D eigenvalue weighted by Gasteiger charge is 2.52. The van der Waals surface area contributed by atoms with Crippen molar-refractivity contribution in [2.24, 2.45) is 5.84 Å². The molecule has 1 aliphatic rings. The molecule has 0 fully saturated rings. The van der Waals surface area contributed by atoms with E-state index in [1.54, 1.807) is 30.2 Å². The van der Waals surface area contributed by atoms with Crippen molar-refractivity contribution in [2.45, 2.75) is 35.9 Å². The quantitative estimate of drug-likeness (QED) is 0.200. The third-order valence-corrected chi connectivity index (χ3v) is 7.93. The Balaban J connectivity index is 0.000000442. The Morgan fingerprint density at radius 1 is 1.00 bits per heavy atom. The van der Waals surface area contributed by atoms with Crippen LogP contribution in [0, 0.1) is 0 Å². The Morgan fingerprint density at radius 3 is 2.18 bits per heavy atom. The number of nitrogens with zero attached hydrogens (tertiary/aromatic N) is 4. The van der Waals surface area contributed by atoms with Crippen LogP contribution in [0.15, 0.2) is 84.6 Å². The molecule has 3 N–H and O–H groups in total. The molecule has 1 aliphatic carbocycles. The highest BCUT2D eigenvalue weighted by Crippen LogP contribution is 2.60. The number of allylic oxidation sites excluding steroid dienone is 1. The largest absolute Gasteiger partial charge is 0.270 e. The van der Waals surface area contributed by atoms with Crippen molar-refractivity contribution in [2.75, 3.05) is 11.5 Å². The molecule has 0 saturated heterocycles. The molecular weight excluding hydrogens is 472 g/mol. The van der Waals surface area contributed by atoms with Gasteiger partial charge in [0.05, 0.1) is 10.7 Å². The van der Waals surface area contributed by atoms with Crippen LogP contribution in [0.2, 0.25) is 0 Å². The normalized spacial score (nSPS) is 24.4. The molecule has 0 aliphatic heterocycles. The number of nitrogens with one attached hydrogen (secondary N) is 1. The summed E-state index contributed by atoms with van der Waals surface area (Å²) in [6.07, 6.45) is 11.2. The van der Waals surface area contributed by atoms with Gasteiger partial charge in [0.15, 0.2) is 0 Å². The lowest BCUT2D eigenvalue weighted by Gasteiger charge is -2.48. The molecule has 0 spiro atoms. The first-order valence-corrected chi connectivity index (χ1v) is 13.1. The molecular formula is C24H29ClN6S2. The fourth-order valence-electron chi connectivity index (χ4n) is 3.97. The fraction of sp³-hybridized carbons (Fsp3) is 0.333. The molecule has 2 aromatic heterocycles. The number of alkyl halides is 1. The molecule has 0 radical (unpaired) electrons. The lowest BCUT2D eigenvalue weighted by molar-refractivity contribution is 0.379. The average Bonchev–Trinajstić information content (AvgIpc) is 2.87. The highest BCUT2D eigenvalue weighted by molar-refractivity contribution is 8.03. The Hall–Kier alpha value is -1.97. The minimum atomic E-state index is -0.819. The summed E-state index contributed by atoms with van der Waals surface area (Å²) in [6, 6.07) is 14.2. The number of hydrazine groups is 1. The summed E-state index contributed by atoms with van der Waals surface area (Å²) in [5.74, 6) is 8.62. The molecule has 3 aromatic rings. The van der Waals surface area contributed by atoms with Gasteiger partial charge in [-0.3, -0.25) is 5.84 Å². The average molecular weight is 501 g/mol. The van der Waals surface area contributed by atoms with Gasteiger partial charge in [-0.25, -0.2) is 25.4 Å². The van der Waals surface area contributed by atoms with E-state index in [9.17, 15) is 0 Å². The van der Waals surface area contributed by atoms with Crippen LogP contribution in [-0.4, -0.2) is 36.4 Å². The summed E-state index contributed by atoms with van der Waals surface area (Å²) in [7, 11) is 0. The van der Waals surface area contributed by atoms with E-state index in [0.29, 0.717) is 6.42 Å². The van der Waals surface area contributed by atoms with E-state index >= 15 is 0 Å². The van der Waals surface area contributed by atoms with Crippen LogP contribution < -0.4 is 11.3 Å². The smallest absolute Gasteiger partial charge is 0.137 e.